The molecule has 0 fully saturated rings. The summed E-state index contributed by atoms with van der Waals surface area (Å²) in [5.74, 6) is -0.799. The molecule has 0 N–H and O–H groups in total. The second-order valence-electron chi connectivity index (χ2n) is 4.55. The van der Waals surface area contributed by atoms with E-state index in [1.165, 1.54) is 12.1 Å². The summed E-state index contributed by atoms with van der Waals surface area (Å²) in [4.78, 5) is 21.7. The first kappa shape index (κ1) is 16.5. The van der Waals surface area contributed by atoms with Gasteiger partial charge in [0, 0.05) is 12.1 Å². The predicted molar refractivity (Wildman–Crippen MR) is 74.9 cm³/mol. The van der Waals surface area contributed by atoms with E-state index in [9.17, 15) is 28.1 Å². The average molecular weight is 325 g/mol. The van der Waals surface area contributed by atoms with Gasteiger partial charge in [-0.05, 0) is 41.5 Å². The lowest BCUT2D eigenvalue weighted by molar-refractivity contribution is -0.384. The van der Waals surface area contributed by atoms with Crippen LogP contribution in [0.15, 0.2) is 42.5 Å². The summed E-state index contributed by atoms with van der Waals surface area (Å²) in [7, 11) is 1.11. The number of hydrogen-bond acceptors (Lipinski definition) is 4. The molecule has 5 nitrogen and oxygen atoms in total. The van der Waals surface area contributed by atoms with Crippen LogP contribution in [-0.4, -0.2) is 18.0 Å². The minimum Gasteiger partial charge on any atom is -0.465 e. The number of nitro benzene ring substituents is 1. The van der Waals surface area contributed by atoms with Gasteiger partial charge in [-0.3, -0.25) is 10.1 Å². The molecule has 2 aromatic carbocycles. The van der Waals surface area contributed by atoms with Crippen LogP contribution in [0.3, 0.4) is 0 Å². The number of carbonyl (C=O) groups excluding carboxylic acids is 1. The molecule has 0 spiro atoms. The first-order valence-corrected chi connectivity index (χ1v) is 6.28. The lowest BCUT2D eigenvalue weighted by Gasteiger charge is -2.12. The summed E-state index contributed by atoms with van der Waals surface area (Å²) in [5.41, 5.74) is -0.975. The van der Waals surface area contributed by atoms with Gasteiger partial charge in [-0.15, -0.1) is 0 Å². The molecule has 23 heavy (non-hydrogen) atoms. The number of nitro groups is 1. The van der Waals surface area contributed by atoms with Gasteiger partial charge < -0.3 is 4.74 Å². The van der Waals surface area contributed by atoms with E-state index in [1.807, 2.05) is 0 Å². The highest BCUT2D eigenvalue weighted by Crippen LogP contribution is 2.34. The van der Waals surface area contributed by atoms with Gasteiger partial charge in [0.1, 0.15) is 0 Å². The van der Waals surface area contributed by atoms with Gasteiger partial charge in [0.05, 0.1) is 23.2 Å². The first-order chi connectivity index (χ1) is 10.7. The Hall–Kier alpha value is -2.90. The van der Waals surface area contributed by atoms with Gasteiger partial charge >= 0.3 is 12.1 Å². The predicted octanol–water partition coefficient (Wildman–Crippen LogP) is 4.07. The van der Waals surface area contributed by atoms with Crippen molar-refractivity contribution >= 4 is 11.7 Å². The van der Waals surface area contributed by atoms with E-state index in [2.05, 4.69) is 4.74 Å². The van der Waals surface area contributed by atoms with E-state index in [0.717, 1.165) is 37.4 Å². The summed E-state index contributed by atoms with van der Waals surface area (Å²) < 4.78 is 43.1. The van der Waals surface area contributed by atoms with Crippen molar-refractivity contribution < 1.29 is 27.6 Å². The fourth-order valence-electron chi connectivity index (χ4n) is 2.01. The molecular formula is C15H10F3NO4. The molecule has 0 aromatic heterocycles. The van der Waals surface area contributed by atoms with Gasteiger partial charge in [0.2, 0.25) is 0 Å². The number of methoxy groups -OCH3 is 1. The van der Waals surface area contributed by atoms with Crippen molar-refractivity contribution in [2.45, 2.75) is 6.18 Å². The van der Waals surface area contributed by atoms with Crippen molar-refractivity contribution in [3.05, 3.63) is 63.7 Å². The fraction of sp³-hybridized carbons (Fsp3) is 0.133. The fourth-order valence-corrected chi connectivity index (χ4v) is 2.01. The van der Waals surface area contributed by atoms with Crippen LogP contribution in [0.1, 0.15) is 15.9 Å². The number of ether oxygens (including phenoxy) is 1. The number of nitrogens with zero attached hydrogens (tertiary/aromatic N) is 1. The maximum absolute atomic E-state index is 12.9. The molecule has 0 aliphatic carbocycles. The summed E-state index contributed by atoms with van der Waals surface area (Å²) in [5, 5.41) is 10.6. The Labute approximate surface area is 128 Å². The molecule has 0 amide bonds. The summed E-state index contributed by atoms with van der Waals surface area (Å²) >= 11 is 0. The van der Waals surface area contributed by atoms with Crippen LogP contribution in [0.5, 0.6) is 0 Å². The van der Waals surface area contributed by atoms with Crippen molar-refractivity contribution in [2.24, 2.45) is 0 Å². The Morgan fingerprint density at radius 1 is 1.13 bits per heavy atom. The average Bonchev–Trinajstić information content (AvgIpc) is 2.52. The molecule has 0 aliphatic heterocycles. The van der Waals surface area contributed by atoms with Crippen LogP contribution in [0.4, 0.5) is 18.9 Å². The second kappa shape index (κ2) is 6.07. The number of carbonyl (C=O) groups is 1. The van der Waals surface area contributed by atoms with Crippen LogP contribution < -0.4 is 0 Å². The largest absolute Gasteiger partial charge is 0.465 e. The third-order valence-electron chi connectivity index (χ3n) is 3.14. The van der Waals surface area contributed by atoms with Crippen LogP contribution in [0.25, 0.3) is 11.1 Å². The third-order valence-corrected chi connectivity index (χ3v) is 3.14. The lowest BCUT2D eigenvalue weighted by Crippen LogP contribution is -2.09. The van der Waals surface area contributed by atoms with Crippen molar-refractivity contribution in [3.63, 3.8) is 0 Å². The molecule has 0 heterocycles. The topological polar surface area (TPSA) is 69.4 Å². The standard InChI is InChI=1S/C15H10F3NO4/c1-23-14(20)12-7-4-10(15(16,17)18)8-13(12)9-2-5-11(6-3-9)19(21)22/h2-8H,1H3. The van der Waals surface area contributed by atoms with Gasteiger partial charge in [0.15, 0.2) is 0 Å². The maximum Gasteiger partial charge on any atom is 0.416 e. The number of non-ortho nitro benzene ring substituents is 1. The second-order valence-corrected chi connectivity index (χ2v) is 4.55. The zero-order valence-corrected chi connectivity index (χ0v) is 11.8. The van der Waals surface area contributed by atoms with E-state index in [-0.39, 0.29) is 22.4 Å². The highest BCUT2D eigenvalue weighted by Gasteiger charge is 2.31. The number of esters is 1. The van der Waals surface area contributed by atoms with E-state index in [1.54, 1.807) is 0 Å². The number of halogens is 3. The van der Waals surface area contributed by atoms with E-state index in [0.29, 0.717) is 0 Å². The van der Waals surface area contributed by atoms with Gasteiger partial charge in [-0.2, -0.15) is 13.2 Å². The quantitative estimate of drug-likeness (QED) is 0.484. The van der Waals surface area contributed by atoms with Crippen LogP contribution in [-0.2, 0) is 10.9 Å². The summed E-state index contributed by atoms with van der Waals surface area (Å²) in [6, 6.07) is 7.47. The minimum atomic E-state index is -4.58. The molecule has 0 aliphatic rings. The van der Waals surface area contributed by atoms with E-state index in [4.69, 9.17) is 0 Å². The van der Waals surface area contributed by atoms with Gasteiger partial charge in [0.25, 0.3) is 5.69 Å². The minimum absolute atomic E-state index is 0.0124. The SMILES string of the molecule is COC(=O)c1ccc(C(F)(F)F)cc1-c1ccc([N+](=O)[O-])cc1. The molecule has 120 valence electrons. The van der Waals surface area contributed by atoms with Gasteiger partial charge in [-0.1, -0.05) is 0 Å². The Balaban J connectivity index is 2.61. The van der Waals surface area contributed by atoms with Gasteiger partial charge in [-0.25, -0.2) is 4.79 Å². The Morgan fingerprint density at radius 2 is 1.74 bits per heavy atom. The number of benzene rings is 2. The molecule has 0 radical (unpaired) electrons. The van der Waals surface area contributed by atoms with Crippen molar-refractivity contribution in [2.75, 3.05) is 7.11 Å². The smallest absolute Gasteiger partial charge is 0.416 e. The van der Waals surface area contributed by atoms with Crippen molar-refractivity contribution in [1.82, 2.24) is 0 Å². The van der Waals surface area contributed by atoms with E-state index < -0.39 is 22.6 Å². The monoisotopic (exact) mass is 325 g/mol. The number of hydrogen-bond donors (Lipinski definition) is 0. The van der Waals surface area contributed by atoms with Crippen LogP contribution in [0.2, 0.25) is 0 Å². The molecule has 0 saturated heterocycles. The highest BCUT2D eigenvalue weighted by atomic mass is 19.4. The Morgan fingerprint density at radius 3 is 2.22 bits per heavy atom. The number of rotatable bonds is 3. The molecule has 2 rings (SSSR count). The third kappa shape index (κ3) is 3.47. The normalized spacial score (nSPS) is 11.1. The molecule has 0 unspecified atom stereocenters. The molecule has 8 heteroatoms. The number of alkyl halides is 3. The Kier molecular flexibility index (Phi) is 4.35. The van der Waals surface area contributed by atoms with Crippen LogP contribution in [0, 0.1) is 10.1 Å². The Bertz CT molecular complexity index is 754. The molecule has 0 bridgehead atoms. The lowest BCUT2D eigenvalue weighted by atomic mass is 9.97. The highest BCUT2D eigenvalue weighted by molar-refractivity contribution is 5.97. The molecule has 0 atom stereocenters. The summed E-state index contributed by atoms with van der Waals surface area (Å²) in [6.45, 7) is 0. The van der Waals surface area contributed by atoms with Crippen molar-refractivity contribution in [1.29, 1.82) is 0 Å². The van der Waals surface area contributed by atoms with E-state index >= 15 is 0 Å². The zero-order chi connectivity index (χ0) is 17.2. The molecule has 0 saturated carbocycles. The van der Waals surface area contributed by atoms with Crippen LogP contribution >= 0.6 is 0 Å². The maximum atomic E-state index is 12.9. The summed E-state index contributed by atoms with van der Waals surface area (Å²) in [6.07, 6.45) is -4.58. The van der Waals surface area contributed by atoms with Crippen molar-refractivity contribution in [3.8, 4) is 11.1 Å². The first-order valence-electron chi connectivity index (χ1n) is 6.28. The molecular weight excluding hydrogens is 315 g/mol. The molecule has 2 aromatic rings. The zero-order valence-electron chi connectivity index (χ0n) is 11.8.